The number of para-hydroxylation sites is 2. The number of benzene rings is 3. The van der Waals surface area contributed by atoms with Crippen molar-refractivity contribution in [3.8, 4) is 0 Å². The zero-order valence-electron chi connectivity index (χ0n) is 16.5. The molecule has 4 aromatic rings. The number of nitrogens with zero attached hydrogens (tertiary/aromatic N) is 2. The molecule has 0 saturated carbocycles. The van der Waals surface area contributed by atoms with Crippen molar-refractivity contribution in [1.29, 1.82) is 0 Å². The maximum Gasteiger partial charge on any atom is 0.261 e. The van der Waals surface area contributed by atoms with Crippen LogP contribution in [0.3, 0.4) is 0 Å². The minimum absolute atomic E-state index is 0.0199. The molecule has 0 atom stereocenters. The van der Waals surface area contributed by atoms with Crippen molar-refractivity contribution in [3.05, 3.63) is 90.0 Å². The standard InChI is InChI=1S/C23H22FN3O2S/c1-2-27-22-6-4-3-5-21(22)25-23(27)16-9-17-7-12-19(13-8-17)26-30(28,29)20-14-10-18(24)11-15-20/h3-8,10-15,26H,2,9,16H2,1H3. The molecule has 0 radical (unpaired) electrons. The number of hydrogen-bond acceptors (Lipinski definition) is 3. The molecule has 30 heavy (non-hydrogen) atoms. The van der Waals surface area contributed by atoms with Gasteiger partial charge in [-0.25, -0.2) is 17.8 Å². The van der Waals surface area contributed by atoms with Crippen LogP contribution in [0.4, 0.5) is 10.1 Å². The molecule has 0 amide bonds. The quantitative estimate of drug-likeness (QED) is 0.465. The van der Waals surface area contributed by atoms with Crippen LogP contribution in [0.5, 0.6) is 0 Å². The van der Waals surface area contributed by atoms with Gasteiger partial charge in [0.25, 0.3) is 10.0 Å². The molecule has 5 nitrogen and oxygen atoms in total. The minimum Gasteiger partial charge on any atom is -0.328 e. The van der Waals surface area contributed by atoms with Gasteiger partial charge in [0.05, 0.1) is 15.9 Å². The fourth-order valence-corrected chi connectivity index (χ4v) is 4.55. The van der Waals surface area contributed by atoms with Crippen molar-refractivity contribution in [1.82, 2.24) is 9.55 Å². The van der Waals surface area contributed by atoms with E-state index in [1.54, 1.807) is 12.1 Å². The number of aryl methyl sites for hydroxylation is 3. The first-order chi connectivity index (χ1) is 14.5. The van der Waals surface area contributed by atoms with E-state index < -0.39 is 15.8 Å². The molecular weight excluding hydrogens is 401 g/mol. The van der Waals surface area contributed by atoms with Gasteiger partial charge in [0.15, 0.2) is 0 Å². The van der Waals surface area contributed by atoms with E-state index in [0.717, 1.165) is 53.9 Å². The van der Waals surface area contributed by atoms with Crippen LogP contribution in [0.25, 0.3) is 11.0 Å². The Morgan fingerprint density at radius 2 is 1.63 bits per heavy atom. The highest BCUT2D eigenvalue weighted by Crippen LogP contribution is 2.20. The van der Waals surface area contributed by atoms with Crippen LogP contribution < -0.4 is 4.72 Å². The number of fused-ring (bicyclic) bond motifs is 1. The van der Waals surface area contributed by atoms with Gasteiger partial charge in [-0.05, 0) is 67.4 Å². The fourth-order valence-electron chi connectivity index (χ4n) is 3.49. The summed E-state index contributed by atoms with van der Waals surface area (Å²) in [6, 6.07) is 20.1. The summed E-state index contributed by atoms with van der Waals surface area (Å²) >= 11 is 0. The normalized spacial score (nSPS) is 11.7. The van der Waals surface area contributed by atoms with E-state index >= 15 is 0 Å². The second kappa shape index (κ2) is 8.28. The Kier molecular flexibility index (Phi) is 5.55. The number of rotatable bonds is 7. The number of anilines is 1. The number of hydrogen-bond donors (Lipinski definition) is 1. The zero-order valence-corrected chi connectivity index (χ0v) is 17.4. The number of nitrogens with one attached hydrogen (secondary N) is 1. The van der Waals surface area contributed by atoms with E-state index in [2.05, 4.69) is 22.3 Å². The van der Waals surface area contributed by atoms with Crippen LogP contribution in [0.2, 0.25) is 0 Å². The van der Waals surface area contributed by atoms with Crippen LogP contribution in [-0.4, -0.2) is 18.0 Å². The summed E-state index contributed by atoms with van der Waals surface area (Å²) in [6.07, 6.45) is 1.59. The SMILES string of the molecule is CCn1c(CCc2ccc(NS(=O)(=O)c3ccc(F)cc3)cc2)nc2ccccc21. The Balaban J connectivity index is 1.45. The maximum absolute atomic E-state index is 13.0. The number of sulfonamides is 1. The number of aromatic nitrogens is 2. The second-order valence-corrected chi connectivity index (χ2v) is 8.70. The van der Waals surface area contributed by atoms with Gasteiger partial charge in [-0.3, -0.25) is 4.72 Å². The molecule has 1 heterocycles. The maximum atomic E-state index is 13.0. The molecule has 0 fully saturated rings. The van der Waals surface area contributed by atoms with Gasteiger partial charge in [-0.1, -0.05) is 24.3 Å². The smallest absolute Gasteiger partial charge is 0.261 e. The third-order valence-electron chi connectivity index (χ3n) is 5.02. The monoisotopic (exact) mass is 423 g/mol. The highest BCUT2D eigenvalue weighted by atomic mass is 32.2. The molecule has 1 N–H and O–H groups in total. The summed E-state index contributed by atoms with van der Waals surface area (Å²) in [6.45, 7) is 2.97. The van der Waals surface area contributed by atoms with E-state index in [1.165, 1.54) is 12.1 Å². The highest BCUT2D eigenvalue weighted by molar-refractivity contribution is 7.92. The van der Waals surface area contributed by atoms with Crippen molar-refractivity contribution >= 4 is 26.7 Å². The average Bonchev–Trinajstić information content (AvgIpc) is 3.11. The largest absolute Gasteiger partial charge is 0.328 e. The molecule has 0 aliphatic carbocycles. The van der Waals surface area contributed by atoms with Crippen LogP contribution in [0.1, 0.15) is 18.3 Å². The van der Waals surface area contributed by atoms with Gasteiger partial charge < -0.3 is 4.57 Å². The molecule has 0 aliphatic rings. The molecule has 3 aromatic carbocycles. The Morgan fingerprint density at radius 3 is 2.33 bits per heavy atom. The molecule has 4 rings (SSSR count). The second-order valence-electron chi connectivity index (χ2n) is 7.02. The first kappa shape index (κ1) is 20.1. The van der Waals surface area contributed by atoms with E-state index in [1.807, 2.05) is 30.3 Å². The summed E-state index contributed by atoms with van der Waals surface area (Å²) in [5.74, 6) is 0.565. The van der Waals surface area contributed by atoms with E-state index in [-0.39, 0.29) is 4.90 Å². The van der Waals surface area contributed by atoms with Crippen molar-refractivity contribution in [3.63, 3.8) is 0 Å². The van der Waals surface area contributed by atoms with Crippen molar-refractivity contribution in [2.24, 2.45) is 0 Å². The third-order valence-corrected chi connectivity index (χ3v) is 6.41. The summed E-state index contributed by atoms with van der Waals surface area (Å²) in [5.41, 5.74) is 3.69. The minimum atomic E-state index is -3.75. The zero-order chi connectivity index (χ0) is 21.1. The average molecular weight is 424 g/mol. The molecular formula is C23H22FN3O2S. The molecule has 0 spiro atoms. The Hall–Kier alpha value is -3.19. The Morgan fingerprint density at radius 1 is 0.933 bits per heavy atom. The van der Waals surface area contributed by atoms with Crippen LogP contribution in [0.15, 0.2) is 77.7 Å². The van der Waals surface area contributed by atoms with Crippen LogP contribution in [-0.2, 0) is 29.4 Å². The molecule has 0 unspecified atom stereocenters. The van der Waals surface area contributed by atoms with Gasteiger partial charge in [0.1, 0.15) is 11.6 Å². The van der Waals surface area contributed by atoms with Gasteiger partial charge in [-0.15, -0.1) is 0 Å². The highest BCUT2D eigenvalue weighted by Gasteiger charge is 2.14. The van der Waals surface area contributed by atoms with E-state index in [4.69, 9.17) is 4.98 Å². The summed E-state index contributed by atoms with van der Waals surface area (Å²) < 4.78 is 42.6. The first-order valence-corrected chi connectivity index (χ1v) is 11.3. The van der Waals surface area contributed by atoms with E-state index in [0.29, 0.717) is 5.69 Å². The molecule has 154 valence electrons. The Labute approximate surface area is 175 Å². The van der Waals surface area contributed by atoms with Gasteiger partial charge >= 0.3 is 0 Å². The van der Waals surface area contributed by atoms with Crippen molar-refractivity contribution < 1.29 is 12.8 Å². The summed E-state index contributed by atoms with van der Waals surface area (Å²) in [7, 11) is -3.75. The summed E-state index contributed by atoms with van der Waals surface area (Å²) in [5, 5.41) is 0. The van der Waals surface area contributed by atoms with Crippen molar-refractivity contribution in [2.45, 2.75) is 31.2 Å². The van der Waals surface area contributed by atoms with Gasteiger partial charge in [-0.2, -0.15) is 0 Å². The third kappa shape index (κ3) is 4.21. The lowest BCUT2D eigenvalue weighted by molar-refractivity contribution is 0.599. The lowest BCUT2D eigenvalue weighted by Gasteiger charge is -2.09. The molecule has 0 saturated heterocycles. The summed E-state index contributed by atoms with van der Waals surface area (Å²) in [4.78, 5) is 4.77. The fraction of sp³-hybridized carbons (Fsp3) is 0.174. The molecule has 0 aliphatic heterocycles. The predicted octanol–water partition coefficient (Wildman–Crippen LogP) is 4.78. The van der Waals surface area contributed by atoms with Gasteiger partial charge in [0.2, 0.25) is 0 Å². The predicted molar refractivity (Wildman–Crippen MR) is 116 cm³/mol. The molecule has 0 bridgehead atoms. The van der Waals surface area contributed by atoms with E-state index in [9.17, 15) is 12.8 Å². The first-order valence-electron chi connectivity index (χ1n) is 9.78. The number of imidazole rings is 1. The number of halogens is 1. The topological polar surface area (TPSA) is 64.0 Å². The van der Waals surface area contributed by atoms with Crippen molar-refractivity contribution in [2.75, 3.05) is 4.72 Å². The lowest BCUT2D eigenvalue weighted by atomic mass is 10.1. The van der Waals surface area contributed by atoms with Crippen LogP contribution in [0, 0.1) is 5.82 Å². The lowest BCUT2D eigenvalue weighted by Crippen LogP contribution is -2.12. The molecule has 7 heteroatoms. The van der Waals surface area contributed by atoms with Crippen LogP contribution >= 0.6 is 0 Å². The molecule has 1 aromatic heterocycles. The Bertz CT molecular complexity index is 1260. The van der Waals surface area contributed by atoms with Gasteiger partial charge in [0, 0.05) is 18.7 Å².